The van der Waals surface area contributed by atoms with Crippen LogP contribution in [0, 0.1) is 6.92 Å². The maximum Gasteiger partial charge on any atom is 0.328 e. The molecule has 0 radical (unpaired) electrons. The summed E-state index contributed by atoms with van der Waals surface area (Å²) < 4.78 is 6.43. The molecule has 0 bridgehead atoms. The van der Waals surface area contributed by atoms with Gasteiger partial charge in [-0.05, 0) is 6.92 Å². The van der Waals surface area contributed by atoms with Crippen LogP contribution in [0.2, 0.25) is 0 Å². The van der Waals surface area contributed by atoms with Gasteiger partial charge in [0.1, 0.15) is 11.4 Å². The van der Waals surface area contributed by atoms with Crippen LogP contribution in [0.3, 0.4) is 0 Å². The summed E-state index contributed by atoms with van der Waals surface area (Å²) in [6.45, 7) is 2.04. The summed E-state index contributed by atoms with van der Waals surface area (Å²) in [5.41, 5.74) is 5.77. The van der Waals surface area contributed by atoms with Gasteiger partial charge in [0.2, 0.25) is 0 Å². The molecule has 2 heterocycles. The number of rotatable bonds is 3. The number of nitrogens with two attached hydrogens (primary N) is 1. The Bertz CT molecular complexity index is 718. The molecule has 100 valence electrons. The van der Waals surface area contributed by atoms with Gasteiger partial charge in [0.25, 0.3) is 5.56 Å². The van der Waals surface area contributed by atoms with Crippen LogP contribution in [0.5, 0.6) is 5.75 Å². The van der Waals surface area contributed by atoms with Gasteiger partial charge in [-0.3, -0.25) is 19.3 Å². The highest BCUT2D eigenvalue weighted by Crippen LogP contribution is 2.13. The number of anilines is 1. The fraction of sp³-hybridized carbons (Fsp3) is 0.250. The summed E-state index contributed by atoms with van der Waals surface area (Å²) >= 11 is 0. The lowest BCUT2D eigenvalue weighted by Gasteiger charge is -2.08. The number of pyridine rings is 1. The van der Waals surface area contributed by atoms with Gasteiger partial charge in [-0.25, -0.2) is 4.79 Å². The number of hydrogen-bond acceptors (Lipinski definition) is 5. The van der Waals surface area contributed by atoms with E-state index in [1.807, 2.05) is 6.92 Å². The van der Waals surface area contributed by atoms with Crippen molar-refractivity contribution in [1.29, 1.82) is 0 Å². The van der Waals surface area contributed by atoms with Crippen molar-refractivity contribution in [3.8, 4) is 5.75 Å². The first-order chi connectivity index (χ1) is 8.99. The van der Waals surface area contributed by atoms with E-state index in [1.165, 1.54) is 10.8 Å². The maximum absolute atomic E-state index is 11.6. The SMILES string of the molecule is COc1cc(C)nc(Cn2cc(N)c(=O)[nH]c2=O)c1. The van der Waals surface area contributed by atoms with Crippen LogP contribution in [0.4, 0.5) is 5.69 Å². The minimum Gasteiger partial charge on any atom is -0.497 e. The number of nitrogens with one attached hydrogen (secondary N) is 1. The van der Waals surface area contributed by atoms with Crippen molar-refractivity contribution >= 4 is 5.69 Å². The number of nitrogens with zero attached hydrogens (tertiary/aromatic N) is 2. The van der Waals surface area contributed by atoms with E-state index in [1.54, 1.807) is 19.2 Å². The summed E-state index contributed by atoms with van der Waals surface area (Å²) in [7, 11) is 1.56. The monoisotopic (exact) mass is 262 g/mol. The fourth-order valence-corrected chi connectivity index (χ4v) is 1.72. The van der Waals surface area contributed by atoms with E-state index in [9.17, 15) is 9.59 Å². The molecule has 7 nitrogen and oxygen atoms in total. The van der Waals surface area contributed by atoms with E-state index < -0.39 is 11.2 Å². The molecule has 2 rings (SSSR count). The van der Waals surface area contributed by atoms with Crippen LogP contribution in [0.25, 0.3) is 0 Å². The molecule has 2 aromatic heterocycles. The number of ether oxygens (including phenoxy) is 1. The molecule has 0 aliphatic carbocycles. The molecular formula is C12H14N4O3. The lowest BCUT2D eigenvalue weighted by molar-refractivity contribution is 0.412. The number of aromatic amines is 1. The van der Waals surface area contributed by atoms with Crippen LogP contribution in [-0.4, -0.2) is 21.6 Å². The lowest BCUT2D eigenvalue weighted by atomic mass is 10.3. The van der Waals surface area contributed by atoms with Gasteiger partial charge < -0.3 is 10.5 Å². The molecule has 19 heavy (non-hydrogen) atoms. The molecule has 0 aromatic carbocycles. The van der Waals surface area contributed by atoms with Gasteiger partial charge in [0, 0.05) is 24.0 Å². The van der Waals surface area contributed by atoms with Crippen molar-refractivity contribution in [2.45, 2.75) is 13.5 Å². The zero-order valence-corrected chi connectivity index (χ0v) is 10.6. The second-order valence-electron chi connectivity index (χ2n) is 4.11. The van der Waals surface area contributed by atoms with Crippen molar-refractivity contribution in [1.82, 2.24) is 14.5 Å². The number of aromatic nitrogens is 3. The molecule has 0 saturated carbocycles. The summed E-state index contributed by atoms with van der Waals surface area (Å²) in [5, 5.41) is 0. The standard InChI is InChI=1S/C12H14N4O3/c1-7-3-9(19-2)4-8(14-7)5-16-6-10(13)11(17)15-12(16)18/h3-4,6H,5,13H2,1-2H3,(H,15,17,18). The van der Waals surface area contributed by atoms with E-state index in [0.717, 1.165) is 5.69 Å². The number of hydrogen-bond donors (Lipinski definition) is 2. The quantitative estimate of drug-likeness (QED) is 0.802. The highest BCUT2D eigenvalue weighted by molar-refractivity contribution is 5.31. The molecule has 7 heteroatoms. The Hall–Kier alpha value is -2.57. The average Bonchev–Trinajstić information content (AvgIpc) is 2.35. The molecular weight excluding hydrogens is 248 g/mol. The normalized spacial score (nSPS) is 10.4. The Morgan fingerprint density at radius 1 is 1.42 bits per heavy atom. The number of aryl methyl sites for hydroxylation is 1. The Morgan fingerprint density at radius 2 is 2.16 bits per heavy atom. The summed E-state index contributed by atoms with van der Waals surface area (Å²) in [4.78, 5) is 29.2. The van der Waals surface area contributed by atoms with Crippen molar-refractivity contribution in [3.63, 3.8) is 0 Å². The van der Waals surface area contributed by atoms with Gasteiger partial charge >= 0.3 is 5.69 Å². The van der Waals surface area contributed by atoms with E-state index >= 15 is 0 Å². The molecule has 0 aliphatic rings. The Labute approximate surface area is 108 Å². The molecule has 0 unspecified atom stereocenters. The Balaban J connectivity index is 2.41. The first-order valence-corrected chi connectivity index (χ1v) is 5.60. The molecule has 0 amide bonds. The average molecular weight is 262 g/mol. The number of methoxy groups -OCH3 is 1. The molecule has 0 atom stereocenters. The summed E-state index contributed by atoms with van der Waals surface area (Å²) in [5.74, 6) is 0.660. The maximum atomic E-state index is 11.6. The van der Waals surface area contributed by atoms with Crippen LogP contribution >= 0.6 is 0 Å². The van der Waals surface area contributed by atoms with Crippen molar-refractivity contribution < 1.29 is 4.74 Å². The van der Waals surface area contributed by atoms with Crippen LogP contribution in [0.15, 0.2) is 27.9 Å². The highest BCUT2D eigenvalue weighted by atomic mass is 16.5. The highest BCUT2D eigenvalue weighted by Gasteiger charge is 2.05. The van der Waals surface area contributed by atoms with Crippen molar-refractivity contribution in [2.24, 2.45) is 0 Å². The first kappa shape index (κ1) is 12.9. The Morgan fingerprint density at radius 3 is 2.84 bits per heavy atom. The van der Waals surface area contributed by atoms with Gasteiger partial charge in [-0.2, -0.15) is 0 Å². The van der Waals surface area contributed by atoms with Gasteiger partial charge in [-0.1, -0.05) is 0 Å². The molecule has 0 aliphatic heterocycles. The third kappa shape index (κ3) is 2.82. The third-order valence-corrected chi connectivity index (χ3v) is 2.59. The second-order valence-corrected chi connectivity index (χ2v) is 4.11. The van der Waals surface area contributed by atoms with Gasteiger partial charge in [0.15, 0.2) is 0 Å². The Kier molecular flexibility index (Phi) is 3.37. The number of H-pyrrole nitrogens is 1. The number of nitrogen functional groups attached to an aromatic ring is 1. The van der Waals surface area contributed by atoms with E-state index in [4.69, 9.17) is 10.5 Å². The largest absolute Gasteiger partial charge is 0.497 e. The lowest BCUT2D eigenvalue weighted by Crippen LogP contribution is -2.31. The topological polar surface area (TPSA) is 103 Å². The van der Waals surface area contributed by atoms with Crippen LogP contribution in [-0.2, 0) is 6.54 Å². The van der Waals surface area contributed by atoms with Crippen LogP contribution < -0.4 is 21.7 Å². The fourth-order valence-electron chi connectivity index (χ4n) is 1.72. The first-order valence-electron chi connectivity index (χ1n) is 5.60. The molecule has 0 saturated heterocycles. The predicted molar refractivity (Wildman–Crippen MR) is 70.4 cm³/mol. The van der Waals surface area contributed by atoms with Crippen molar-refractivity contribution in [2.75, 3.05) is 12.8 Å². The molecule has 2 aromatic rings. The van der Waals surface area contributed by atoms with Gasteiger partial charge in [-0.15, -0.1) is 0 Å². The van der Waals surface area contributed by atoms with Gasteiger partial charge in [0.05, 0.1) is 19.3 Å². The van der Waals surface area contributed by atoms with Crippen LogP contribution in [0.1, 0.15) is 11.4 Å². The molecule has 0 spiro atoms. The van der Waals surface area contributed by atoms with E-state index in [2.05, 4.69) is 9.97 Å². The van der Waals surface area contributed by atoms with E-state index in [0.29, 0.717) is 11.4 Å². The minimum atomic E-state index is -0.587. The zero-order valence-electron chi connectivity index (χ0n) is 10.6. The molecule has 0 fully saturated rings. The summed E-state index contributed by atoms with van der Waals surface area (Å²) in [6.07, 6.45) is 1.30. The van der Waals surface area contributed by atoms with E-state index in [-0.39, 0.29) is 12.2 Å². The predicted octanol–water partition coefficient (Wildman–Crippen LogP) is -0.121. The smallest absolute Gasteiger partial charge is 0.328 e. The summed E-state index contributed by atoms with van der Waals surface area (Å²) in [6, 6.07) is 3.51. The third-order valence-electron chi connectivity index (χ3n) is 2.59. The zero-order chi connectivity index (χ0) is 14.0. The molecule has 3 N–H and O–H groups in total. The van der Waals surface area contributed by atoms with Crippen molar-refractivity contribution in [3.05, 3.63) is 50.6 Å². The minimum absolute atomic E-state index is 0.0146. The second kappa shape index (κ2) is 4.97.